The Labute approximate surface area is 176 Å². The fourth-order valence-electron chi connectivity index (χ4n) is 5.03. The third-order valence-electron chi connectivity index (χ3n) is 6.41. The van der Waals surface area contributed by atoms with Gasteiger partial charge in [0.1, 0.15) is 16.6 Å². The molecule has 5 rings (SSSR count). The molecule has 0 radical (unpaired) electrons. The molecule has 3 N–H and O–H groups in total. The Morgan fingerprint density at radius 3 is 2.72 bits per heavy atom. The van der Waals surface area contributed by atoms with Crippen LogP contribution in [0.25, 0.3) is 22.2 Å². The van der Waals surface area contributed by atoms with Crippen LogP contribution in [0.5, 0.6) is 0 Å². The number of rotatable bonds is 5. The van der Waals surface area contributed by atoms with Gasteiger partial charge in [-0.2, -0.15) is 0 Å². The van der Waals surface area contributed by atoms with Gasteiger partial charge in [0.15, 0.2) is 0 Å². The van der Waals surface area contributed by atoms with E-state index < -0.39 is 0 Å². The van der Waals surface area contributed by atoms with Crippen LogP contribution in [0.3, 0.4) is 0 Å². The summed E-state index contributed by atoms with van der Waals surface area (Å²) >= 11 is 6.39. The lowest BCUT2D eigenvalue weighted by atomic mass is 9.90. The molecule has 0 aliphatic heterocycles. The number of nitrogens with zero attached hydrogens (tertiary/aromatic N) is 2. The predicted octanol–water partition coefficient (Wildman–Crippen LogP) is 5.53. The first-order valence-electron chi connectivity index (χ1n) is 10.9. The number of anilines is 1. The molecule has 6 heteroatoms. The van der Waals surface area contributed by atoms with E-state index in [1.165, 1.54) is 44.9 Å². The first kappa shape index (κ1) is 18.9. The molecule has 2 fully saturated rings. The van der Waals surface area contributed by atoms with E-state index in [0.717, 1.165) is 40.4 Å². The van der Waals surface area contributed by atoms with Crippen LogP contribution in [0.15, 0.2) is 36.7 Å². The molecule has 2 atom stereocenters. The zero-order valence-electron chi connectivity index (χ0n) is 16.6. The number of pyridine rings is 2. The maximum absolute atomic E-state index is 6.39. The van der Waals surface area contributed by atoms with Gasteiger partial charge in [0, 0.05) is 41.5 Å². The summed E-state index contributed by atoms with van der Waals surface area (Å²) in [5.74, 6) is 0.859. The first-order chi connectivity index (χ1) is 14.2. The molecule has 0 bridgehead atoms. The van der Waals surface area contributed by atoms with Gasteiger partial charge in [-0.15, -0.1) is 0 Å². The third kappa shape index (κ3) is 4.26. The van der Waals surface area contributed by atoms with E-state index in [-0.39, 0.29) is 0 Å². The molecule has 3 heterocycles. The van der Waals surface area contributed by atoms with Gasteiger partial charge in [0.2, 0.25) is 0 Å². The van der Waals surface area contributed by atoms with Crippen molar-refractivity contribution in [3.63, 3.8) is 0 Å². The number of fused-ring (bicyclic) bond motifs is 1. The van der Waals surface area contributed by atoms with E-state index in [4.69, 9.17) is 11.6 Å². The SMILES string of the molecule is Clc1cc(-c2c[nH]c3ncccc23)cc(NC2CCCC(NC3CCCC3)C2)n1. The van der Waals surface area contributed by atoms with Gasteiger partial charge in [0.05, 0.1) is 0 Å². The van der Waals surface area contributed by atoms with Gasteiger partial charge in [-0.25, -0.2) is 9.97 Å². The standard InChI is InChI=1S/C23H28ClN5/c24-21-11-15(20-14-26-23-19(20)9-4-10-25-23)12-22(29-21)28-18-8-3-7-17(13-18)27-16-5-1-2-6-16/h4,9-12,14,16-18,27H,1-3,5-8,13H2,(H,25,26)(H,28,29). The lowest BCUT2D eigenvalue weighted by molar-refractivity contribution is 0.321. The Balaban J connectivity index is 1.32. The van der Waals surface area contributed by atoms with E-state index in [1.807, 2.05) is 18.3 Å². The molecule has 2 saturated carbocycles. The Bertz CT molecular complexity index is 978. The second kappa shape index (κ2) is 8.33. The summed E-state index contributed by atoms with van der Waals surface area (Å²) in [4.78, 5) is 12.2. The summed E-state index contributed by atoms with van der Waals surface area (Å²) in [6, 6.07) is 9.85. The van der Waals surface area contributed by atoms with Crippen LogP contribution in [0.2, 0.25) is 5.15 Å². The minimum Gasteiger partial charge on any atom is -0.367 e. The Morgan fingerprint density at radius 2 is 1.83 bits per heavy atom. The molecule has 0 aromatic carbocycles. The highest BCUT2D eigenvalue weighted by molar-refractivity contribution is 6.29. The average Bonchev–Trinajstić information content (AvgIpc) is 3.37. The van der Waals surface area contributed by atoms with Crippen LogP contribution in [0.1, 0.15) is 51.4 Å². The van der Waals surface area contributed by atoms with E-state index >= 15 is 0 Å². The highest BCUT2D eigenvalue weighted by atomic mass is 35.5. The number of hydrogen-bond donors (Lipinski definition) is 3. The van der Waals surface area contributed by atoms with Crippen molar-refractivity contribution in [1.82, 2.24) is 20.3 Å². The number of halogens is 1. The van der Waals surface area contributed by atoms with E-state index in [9.17, 15) is 0 Å². The zero-order chi connectivity index (χ0) is 19.6. The van der Waals surface area contributed by atoms with Crippen LogP contribution < -0.4 is 10.6 Å². The minimum atomic E-state index is 0.436. The molecular weight excluding hydrogens is 382 g/mol. The summed E-state index contributed by atoms with van der Waals surface area (Å²) in [5, 5.41) is 9.18. The van der Waals surface area contributed by atoms with Crippen molar-refractivity contribution < 1.29 is 0 Å². The number of hydrogen-bond acceptors (Lipinski definition) is 4. The van der Waals surface area contributed by atoms with Crippen molar-refractivity contribution >= 4 is 28.5 Å². The van der Waals surface area contributed by atoms with Crippen LogP contribution in [-0.4, -0.2) is 33.1 Å². The second-order valence-electron chi connectivity index (χ2n) is 8.52. The van der Waals surface area contributed by atoms with Crippen LogP contribution in [0, 0.1) is 0 Å². The topological polar surface area (TPSA) is 65.6 Å². The number of H-pyrrole nitrogens is 1. The second-order valence-corrected chi connectivity index (χ2v) is 8.91. The molecule has 2 aliphatic carbocycles. The summed E-state index contributed by atoms with van der Waals surface area (Å²) < 4.78 is 0. The van der Waals surface area contributed by atoms with E-state index in [0.29, 0.717) is 17.2 Å². The summed E-state index contributed by atoms with van der Waals surface area (Å²) in [5.41, 5.74) is 3.05. The number of aromatic amines is 1. The molecule has 5 nitrogen and oxygen atoms in total. The van der Waals surface area contributed by atoms with Gasteiger partial charge >= 0.3 is 0 Å². The molecule has 152 valence electrons. The summed E-state index contributed by atoms with van der Waals surface area (Å²) in [6.07, 6.45) is 14.1. The normalized spacial score (nSPS) is 22.9. The smallest absolute Gasteiger partial charge is 0.137 e. The molecule has 2 aliphatic rings. The Hall–Kier alpha value is -2.11. The Morgan fingerprint density at radius 1 is 1.00 bits per heavy atom. The average molecular weight is 410 g/mol. The number of nitrogens with one attached hydrogen (secondary N) is 3. The van der Waals surface area contributed by atoms with Crippen molar-refractivity contribution in [2.24, 2.45) is 0 Å². The quantitative estimate of drug-likeness (QED) is 0.484. The molecule has 0 spiro atoms. The monoisotopic (exact) mass is 409 g/mol. The van der Waals surface area contributed by atoms with Crippen LogP contribution in [-0.2, 0) is 0 Å². The summed E-state index contributed by atoms with van der Waals surface area (Å²) in [7, 11) is 0. The highest BCUT2D eigenvalue weighted by Gasteiger charge is 2.25. The molecule has 0 saturated heterocycles. The molecule has 3 aromatic rings. The van der Waals surface area contributed by atoms with Crippen molar-refractivity contribution in [3.8, 4) is 11.1 Å². The summed E-state index contributed by atoms with van der Waals surface area (Å²) in [6.45, 7) is 0. The van der Waals surface area contributed by atoms with Crippen molar-refractivity contribution in [2.45, 2.75) is 69.5 Å². The number of aromatic nitrogens is 3. The van der Waals surface area contributed by atoms with Crippen molar-refractivity contribution in [2.75, 3.05) is 5.32 Å². The van der Waals surface area contributed by atoms with Crippen molar-refractivity contribution in [3.05, 3.63) is 41.8 Å². The molecule has 3 aromatic heterocycles. The first-order valence-corrected chi connectivity index (χ1v) is 11.2. The van der Waals surface area contributed by atoms with Gasteiger partial charge in [-0.05, 0) is 68.4 Å². The van der Waals surface area contributed by atoms with Gasteiger partial charge < -0.3 is 15.6 Å². The lowest BCUT2D eigenvalue weighted by Crippen LogP contribution is -2.43. The third-order valence-corrected chi connectivity index (χ3v) is 6.60. The lowest BCUT2D eigenvalue weighted by Gasteiger charge is -2.32. The molecule has 2 unspecified atom stereocenters. The fraction of sp³-hybridized carbons (Fsp3) is 0.478. The maximum atomic E-state index is 6.39. The fourth-order valence-corrected chi connectivity index (χ4v) is 5.24. The molecule has 29 heavy (non-hydrogen) atoms. The largest absolute Gasteiger partial charge is 0.367 e. The Kier molecular flexibility index (Phi) is 5.42. The predicted molar refractivity (Wildman–Crippen MR) is 119 cm³/mol. The van der Waals surface area contributed by atoms with Gasteiger partial charge in [-0.3, -0.25) is 0 Å². The highest BCUT2D eigenvalue weighted by Crippen LogP contribution is 2.32. The molecule has 0 amide bonds. The van der Waals surface area contributed by atoms with E-state index in [2.05, 4.69) is 37.7 Å². The van der Waals surface area contributed by atoms with Crippen LogP contribution >= 0.6 is 11.6 Å². The maximum Gasteiger partial charge on any atom is 0.137 e. The van der Waals surface area contributed by atoms with Gasteiger partial charge in [0.25, 0.3) is 0 Å². The zero-order valence-corrected chi connectivity index (χ0v) is 17.4. The molecular formula is C23H28ClN5. The van der Waals surface area contributed by atoms with E-state index in [1.54, 1.807) is 6.20 Å². The van der Waals surface area contributed by atoms with Gasteiger partial charge in [-0.1, -0.05) is 24.4 Å². The van der Waals surface area contributed by atoms with Crippen LogP contribution in [0.4, 0.5) is 5.82 Å². The minimum absolute atomic E-state index is 0.436. The van der Waals surface area contributed by atoms with Crippen molar-refractivity contribution in [1.29, 1.82) is 0 Å².